The lowest BCUT2D eigenvalue weighted by atomic mass is 9.73. The molecule has 24 heavy (non-hydrogen) atoms. The smallest absolute Gasteiger partial charge is 0.230 e. The summed E-state index contributed by atoms with van der Waals surface area (Å²) >= 11 is 1.50. The first-order chi connectivity index (χ1) is 11.6. The first kappa shape index (κ1) is 17.1. The second-order valence-electron chi connectivity index (χ2n) is 5.99. The molecule has 3 rings (SSSR count). The van der Waals surface area contributed by atoms with Gasteiger partial charge in [0.2, 0.25) is 5.91 Å². The van der Waals surface area contributed by atoms with Crippen molar-refractivity contribution in [1.29, 1.82) is 0 Å². The zero-order valence-corrected chi connectivity index (χ0v) is 14.0. The fourth-order valence-corrected chi connectivity index (χ4v) is 3.80. The second-order valence-corrected chi connectivity index (χ2v) is 6.77. The number of hydrogen-bond donors (Lipinski definition) is 2. The van der Waals surface area contributed by atoms with Gasteiger partial charge in [0.05, 0.1) is 11.5 Å². The molecule has 1 aromatic carbocycles. The number of benzene rings is 1. The average molecular weight is 349 g/mol. The summed E-state index contributed by atoms with van der Waals surface area (Å²) in [7, 11) is 0. The molecule has 0 unspecified atom stereocenters. The summed E-state index contributed by atoms with van der Waals surface area (Å²) in [6.45, 7) is 1.04. The van der Waals surface area contributed by atoms with E-state index in [1.807, 2.05) is 16.8 Å². The van der Waals surface area contributed by atoms with Gasteiger partial charge in [-0.15, -0.1) is 0 Å². The maximum absolute atomic E-state index is 13.7. The Labute approximate surface area is 144 Å². The summed E-state index contributed by atoms with van der Waals surface area (Å²) in [4.78, 5) is 12.9. The van der Waals surface area contributed by atoms with Crippen molar-refractivity contribution in [3.8, 4) is 0 Å². The lowest BCUT2D eigenvalue weighted by Crippen LogP contribution is -2.49. The fraction of sp³-hybridized carbons (Fsp3) is 0.389. The molecule has 1 aromatic heterocycles. The molecule has 0 saturated carbocycles. The van der Waals surface area contributed by atoms with Crippen LogP contribution in [0.25, 0.3) is 0 Å². The Morgan fingerprint density at radius 2 is 2.17 bits per heavy atom. The first-order valence-corrected chi connectivity index (χ1v) is 8.88. The number of hydrogen-bond acceptors (Lipinski definition) is 4. The van der Waals surface area contributed by atoms with Crippen LogP contribution in [0.15, 0.2) is 41.1 Å². The molecule has 2 N–H and O–H groups in total. The number of ether oxygens (including phenoxy) is 1. The lowest BCUT2D eigenvalue weighted by molar-refractivity contribution is -0.131. The highest BCUT2D eigenvalue weighted by Gasteiger charge is 2.41. The summed E-state index contributed by atoms with van der Waals surface area (Å²) in [5, 5.41) is 16.7. The molecule has 4 nitrogen and oxygen atoms in total. The van der Waals surface area contributed by atoms with E-state index < -0.39 is 11.5 Å². The van der Waals surface area contributed by atoms with E-state index in [2.05, 4.69) is 5.32 Å². The molecule has 128 valence electrons. The van der Waals surface area contributed by atoms with Gasteiger partial charge >= 0.3 is 0 Å². The highest BCUT2D eigenvalue weighted by molar-refractivity contribution is 7.07. The predicted molar refractivity (Wildman–Crippen MR) is 90.4 cm³/mol. The van der Waals surface area contributed by atoms with Crippen LogP contribution in [0.1, 0.15) is 30.1 Å². The maximum Gasteiger partial charge on any atom is 0.230 e. The number of aliphatic hydroxyl groups excluding tert-OH is 1. The number of rotatable bonds is 5. The molecule has 0 radical (unpaired) electrons. The van der Waals surface area contributed by atoms with Crippen molar-refractivity contribution in [3.63, 3.8) is 0 Å². The number of amides is 1. The molecule has 0 bridgehead atoms. The Bertz CT molecular complexity index is 683. The second kappa shape index (κ2) is 7.42. The molecule has 1 fully saturated rings. The van der Waals surface area contributed by atoms with Gasteiger partial charge in [-0.3, -0.25) is 4.79 Å². The van der Waals surface area contributed by atoms with Crippen LogP contribution in [0.5, 0.6) is 0 Å². The van der Waals surface area contributed by atoms with Gasteiger partial charge in [0.25, 0.3) is 0 Å². The Morgan fingerprint density at radius 1 is 1.38 bits per heavy atom. The van der Waals surface area contributed by atoms with Crippen LogP contribution in [0.4, 0.5) is 4.39 Å². The third-order valence-electron chi connectivity index (χ3n) is 4.54. The van der Waals surface area contributed by atoms with Gasteiger partial charge in [-0.05, 0) is 52.9 Å². The third kappa shape index (κ3) is 3.50. The number of nitrogens with one attached hydrogen (secondary N) is 1. The molecule has 1 aliphatic rings. The largest absolute Gasteiger partial charge is 0.387 e. The van der Waals surface area contributed by atoms with Gasteiger partial charge in [0, 0.05) is 19.8 Å². The zero-order chi connectivity index (χ0) is 17.0. The molecule has 1 aliphatic heterocycles. The van der Waals surface area contributed by atoms with Crippen molar-refractivity contribution in [2.24, 2.45) is 0 Å². The number of thiophene rings is 1. The number of carbonyl (C=O) groups excluding carboxylic acids is 1. The summed E-state index contributed by atoms with van der Waals surface area (Å²) in [5.74, 6) is -0.546. The monoisotopic (exact) mass is 349 g/mol. The minimum Gasteiger partial charge on any atom is -0.387 e. The highest BCUT2D eigenvalue weighted by atomic mass is 32.1. The molecular formula is C18H20FNO3S. The summed E-state index contributed by atoms with van der Waals surface area (Å²) in [6.07, 6.45) is 0.248. The Hall–Kier alpha value is -1.76. The van der Waals surface area contributed by atoms with Crippen LogP contribution in [0.3, 0.4) is 0 Å². The van der Waals surface area contributed by atoms with Gasteiger partial charge < -0.3 is 15.2 Å². The van der Waals surface area contributed by atoms with Crippen LogP contribution in [-0.4, -0.2) is 30.8 Å². The van der Waals surface area contributed by atoms with Gasteiger partial charge in [-0.2, -0.15) is 11.3 Å². The van der Waals surface area contributed by atoms with E-state index in [0.717, 1.165) is 5.56 Å². The summed E-state index contributed by atoms with van der Waals surface area (Å²) in [5.41, 5.74) is 0.634. The summed E-state index contributed by atoms with van der Waals surface area (Å²) in [6, 6.07) is 8.02. The molecule has 0 spiro atoms. The Morgan fingerprint density at radius 3 is 2.83 bits per heavy atom. The van der Waals surface area contributed by atoms with Crippen molar-refractivity contribution >= 4 is 17.2 Å². The normalized spacial score (nSPS) is 18.1. The Balaban J connectivity index is 1.77. The van der Waals surface area contributed by atoms with E-state index in [-0.39, 0.29) is 18.3 Å². The van der Waals surface area contributed by atoms with E-state index in [4.69, 9.17) is 4.74 Å². The standard InChI is InChI=1S/C18H20FNO3S/c19-15-3-1-2-14(10-15)18(5-7-23-8-6-18)17(22)20-11-16(21)13-4-9-24-12-13/h1-4,9-10,12,16,21H,5-8,11H2,(H,20,22)/t16-/m1/s1. The lowest BCUT2D eigenvalue weighted by Gasteiger charge is -2.36. The van der Waals surface area contributed by atoms with Crippen LogP contribution in [-0.2, 0) is 14.9 Å². The maximum atomic E-state index is 13.7. The predicted octanol–water partition coefficient (Wildman–Crippen LogP) is 2.79. The topological polar surface area (TPSA) is 58.6 Å². The summed E-state index contributed by atoms with van der Waals surface area (Å²) < 4.78 is 19.0. The Kier molecular flexibility index (Phi) is 5.28. The van der Waals surface area contributed by atoms with Gasteiger partial charge in [-0.25, -0.2) is 4.39 Å². The van der Waals surface area contributed by atoms with E-state index >= 15 is 0 Å². The van der Waals surface area contributed by atoms with Crippen LogP contribution in [0, 0.1) is 5.82 Å². The van der Waals surface area contributed by atoms with Crippen molar-refractivity contribution in [3.05, 3.63) is 58.0 Å². The van der Waals surface area contributed by atoms with Crippen LogP contribution < -0.4 is 5.32 Å². The molecule has 1 atom stereocenters. The minimum atomic E-state index is -0.811. The van der Waals surface area contributed by atoms with Gasteiger partial charge in [0.1, 0.15) is 5.82 Å². The molecular weight excluding hydrogens is 329 g/mol. The van der Waals surface area contributed by atoms with Crippen molar-refractivity contribution in [2.75, 3.05) is 19.8 Å². The van der Waals surface area contributed by atoms with Crippen LogP contribution in [0.2, 0.25) is 0 Å². The molecule has 1 amide bonds. The van der Waals surface area contributed by atoms with Gasteiger partial charge in [-0.1, -0.05) is 12.1 Å². The van der Waals surface area contributed by atoms with Crippen molar-refractivity contribution < 1.29 is 19.0 Å². The van der Waals surface area contributed by atoms with Crippen molar-refractivity contribution in [1.82, 2.24) is 5.32 Å². The number of aliphatic hydroxyl groups is 1. The average Bonchev–Trinajstić information content (AvgIpc) is 3.14. The quantitative estimate of drug-likeness (QED) is 0.873. The molecule has 1 saturated heterocycles. The zero-order valence-electron chi connectivity index (χ0n) is 13.2. The molecule has 6 heteroatoms. The third-order valence-corrected chi connectivity index (χ3v) is 5.24. The molecule has 2 aromatic rings. The fourth-order valence-electron chi connectivity index (χ4n) is 3.09. The SMILES string of the molecule is O=C(NC[C@@H](O)c1ccsc1)C1(c2cccc(F)c2)CCOCC1. The number of carbonyl (C=O) groups is 1. The van der Waals surface area contributed by atoms with Crippen LogP contribution >= 0.6 is 11.3 Å². The number of halogens is 1. The van der Waals surface area contributed by atoms with E-state index in [0.29, 0.717) is 31.6 Å². The molecule has 0 aliphatic carbocycles. The first-order valence-electron chi connectivity index (χ1n) is 7.94. The molecule has 2 heterocycles. The van der Waals surface area contributed by atoms with E-state index in [9.17, 15) is 14.3 Å². The minimum absolute atomic E-state index is 0.132. The van der Waals surface area contributed by atoms with E-state index in [1.165, 1.54) is 23.5 Å². The van der Waals surface area contributed by atoms with E-state index in [1.54, 1.807) is 12.1 Å². The van der Waals surface area contributed by atoms with Gasteiger partial charge in [0.15, 0.2) is 0 Å². The highest BCUT2D eigenvalue weighted by Crippen LogP contribution is 2.35. The van der Waals surface area contributed by atoms with Crippen molar-refractivity contribution in [2.45, 2.75) is 24.4 Å².